The number of carboxylic acid groups (broad SMARTS) is 1. The highest BCUT2D eigenvalue weighted by Gasteiger charge is 2.29. The van der Waals surface area contributed by atoms with Crippen LogP contribution in [0.3, 0.4) is 0 Å². The third-order valence-corrected chi connectivity index (χ3v) is 3.44. The van der Waals surface area contributed by atoms with Gasteiger partial charge in [-0.1, -0.05) is 12.1 Å². The average molecular weight is 273 g/mol. The quantitative estimate of drug-likeness (QED) is 0.764. The van der Waals surface area contributed by atoms with E-state index in [0.717, 1.165) is 18.2 Å². The molecule has 1 aromatic heterocycles. The number of aliphatic hydroxyl groups is 1. The van der Waals surface area contributed by atoms with E-state index in [1.807, 2.05) is 12.1 Å². The van der Waals surface area contributed by atoms with Crippen LogP contribution in [0.25, 0.3) is 10.9 Å². The summed E-state index contributed by atoms with van der Waals surface area (Å²) in [6, 6.07) is 7.21. The first kappa shape index (κ1) is 12.8. The molecule has 2 aromatic rings. The number of hydrogen-bond acceptors (Lipinski definition) is 5. The summed E-state index contributed by atoms with van der Waals surface area (Å²) in [5.41, 5.74) is 0.573. The van der Waals surface area contributed by atoms with E-state index < -0.39 is 12.1 Å². The van der Waals surface area contributed by atoms with Crippen molar-refractivity contribution in [1.29, 1.82) is 0 Å². The predicted octanol–water partition coefficient (Wildman–Crippen LogP) is 1.51. The zero-order valence-corrected chi connectivity index (χ0v) is 10.8. The van der Waals surface area contributed by atoms with Crippen LogP contribution in [-0.2, 0) is 0 Å². The van der Waals surface area contributed by atoms with Crippen LogP contribution in [0, 0.1) is 5.92 Å². The molecular formula is C14H15N3O3. The lowest BCUT2D eigenvalue weighted by Gasteiger charge is -2.13. The molecule has 0 saturated heterocycles. The topological polar surface area (TPSA) is 95.3 Å². The summed E-state index contributed by atoms with van der Waals surface area (Å²) >= 11 is 0. The zero-order chi connectivity index (χ0) is 14.1. The first-order chi connectivity index (χ1) is 9.65. The van der Waals surface area contributed by atoms with Crippen molar-refractivity contribution in [2.24, 2.45) is 5.92 Å². The third kappa shape index (κ3) is 2.55. The Morgan fingerprint density at radius 2 is 2.10 bits per heavy atom. The molecule has 1 aliphatic carbocycles. The number of carbonyl (C=O) groups is 1. The monoisotopic (exact) mass is 273 g/mol. The molecule has 1 aromatic carbocycles. The summed E-state index contributed by atoms with van der Waals surface area (Å²) in [7, 11) is 0. The third-order valence-electron chi connectivity index (χ3n) is 3.44. The van der Waals surface area contributed by atoms with E-state index in [2.05, 4.69) is 15.3 Å². The molecular weight excluding hydrogens is 258 g/mol. The molecule has 1 heterocycles. The van der Waals surface area contributed by atoms with Gasteiger partial charge in [0.25, 0.3) is 0 Å². The second-order valence-corrected chi connectivity index (χ2v) is 5.00. The summed E-state index contributed by atoms with van der Waals surface area (Å²) in [6.07, 6.45) is 1.68. The van der Waals surface area contributed by atoms with Gasteiger partial charge in [0.05, 0.1) is 11.6 Å². The molecule has 6 heteroatoms. The van der Waals surface area contributed by atoms with Crippen LogP contribution in [0.2, 0.25) is 0 Å². The van der Waals surface area contributed by atoms with Crippen LogP contribution in [0.1, 0.15) is 23.5 Å². The fraction of sp³-hybridized carbons (Fsp3) is 0.357. The molecule has 1 saturated carbocycles. The fourth-order valence-corrected chi connectivity index (χ4v) is 2.16. The molecule has 0 radical (unpaired) electrons. The van der Waals surface area contributed by atoms with Crippen molar-refractivity contribution >= 4 is 22.7 Å². The van der Waals surface area contributed by atoms with E-state index in [4.69, 9.17) is 5.11 Å². The Morgan fingerprint density at radius 1 is 1.35 bits per heavy atom. The number of aliphatic hydroxyl groups excluding tert-OH is 1. The largest absolute Gasteiger partial charge is 0.475 e. The van der Waals surface area contributed by atoms with Gasteiger partial charge in [0.1, 0.15) is 5.82 Å². The number of carboxylic acids is 1. The molecule has 6 nitrogen and oxygen atoms in total. The molecule has 1 fully saturated rings. The summed E-state index contributed by atoms with van der Waals surface area (Å²) in [5, 5.41) is 22.7. The standard InChI is InChI=1S/C14H15N3O3/c18-11(8-5-6-8)7-15-12-9-3-1-2-4-10(9)16-13(17-12)14(19)20/h1-4,8,11,18H,5-7H2,(H,19,20)(H,15,16,17). The van der Waals surface area contributed by atoms with Gasteiger partial charge in [-0.25, -0.2) is 14.8 Å². The number of anilines is 1. The molecule has 20 heavy (non-hydrogen) atoms. The van der Waals surface area contributed by atoms with Gasteiger partial charge < -0.3 is 15.5 Å². The number of hydrogen-bond donors (Lipinski definition) is 3. The lowest BCUT2D eigenvalue weighted by molar-refractivity contribution is 0.0684. The summed E-state index contributed by atoms with van der Waals surface area (Å²) in [5.74, 6) is -0.601. The van der Waals surface area contributed by atoms with Crippen molar-refractivity contribution in [3.8, 4) is 0 Å². The maximum Gasteiger partial charge on any atom is 0.374 e. The smallest absolute Gasteiger partial charge is 0.374 e. The SMILES string of the molecule is O=C(O)c1nc(NCC(O)C2CC2)c2ccccc2n1. The van der Waals surface area contributed by atoms with Crippen molar-refractivity contribution < 1.29 is 15.0 Å². The number of nitrogens with zero attached hydrogens (tertiary/aromatic N) is 2. The van der Waals surface area contributed by atoms with E-state index in [0.29, 0.717) is 23.8 Å². The Bertz CT molecular complexity index is 655. The molecule has 1 atom stereocenters. The minimum atomic E-state index is -1.17. The van der Waals surface area contributed by atoms with Gasteiger partial charge in [0, 0.05) is 11.9 Å². The second-order valence-electron chi connectivity index (χ2n) is 5.00. The lowest BCUT2D eigenvalue weighted by Crippen LogP contribution is -2.22. The minimum absolute atomic E-state index is 0.243. The minimum Gasteiger partial charge on any atom is -0.475 e. The average Bonchev–Trinajstić information content (AvgIpc) is 3.28. The van der Waals surface area contributed by atoms with E-state index in [1.54, 1.807) is 12.1 Å². The lowest BCUT2D eigenvalue weighted by atomic mass is 10.2. The van der Waals surface area contributed by atoms with E-state index in [1.165, 1.54) is 0 Å². The van der Waals surface area contributed by atoms with Crippen LogP contribution in [0.15, 0.2) is 24.3 Å². The number of para-hydroxylation sites is 1. The van der Waals surface area contributed by atoms with Crippen molar-refractivity contribution in [2.75, 3.05) is 11.9 Å². The Morgan fingerprint density at radius 3 is 2.80 bits per heavy atom. The molecule has 0 amide bonds. The van der Waals surface area contributed by atoms with Crippen LogP contribution in [-0.4, -0.2) is 38.8 Å². The van der Waals surface area contributed by atoms with Gasteiger partial charge in [-0.2, -0.15) is 0 Å². The Balaban J connectivity index is 1.92. The van der Waals surface area contributed by atoms with Crippen LogP contribution < -0.4 is 5.32 Å². The van der Waals surface area contributed by atoms with Gasteiger partial charge in [-0.05, 0) is 30.9 Å². The summed E-state index contributed by atoms with van der Waals surface area (Å²) < 4.78 is 0. The van der Waals surface area contributed by atoms with Gasteiger partial charge in [0.2, 0.25) is 5.82 Å². The molecule has 0 bridgehead atoms. The highest BCUT2D eigenvalue weighted by Crippen LogP contribution is 2.32. The number of benzene rings is 1. The Hall–Kier alpha value is -2.21. The Kier molecular flexibility index (Phi) is 3.23. The zero-order valence-electron chi connectivity index (χ0n) is 10.8. The second kappa shape index (κ2) is 5.05. The highest BCUT2D eigenvalue weighted by atomic mass is 16.4. The molecule has 0 spiro atoms. The first-order valence-corrected chi connectivity index (χ1v) is 6.57. The van der Waals surface area contributed by atoms with Gasteiger partial charge in [-0.15, -0.1) is 0 Å². The van der Waals surface area contributed by atoms with Gasteiger partial charge in [-0.3, -0.25) is 0 Å². The Labute approximate surface area is 115 Å². The van der Waals surface area contributed by atoms with E-state index in [9.17, 15) is 9.90 Å². The van der Waals surface area contributed by atoms with Crippen LogP contribution >= 0.6 is 0 Å². The molecule has 3 rings (SSSR count). The molecule has 0 aliphatic heterocycles. The highest BCUT2D eigenvalue weighted by molar-refractivity contribution is 5.93. The molecule has 1 unspecified atom stereocenters. The number of fused-ring (bicyclic) bond motifs is 1. The maximum absolute atomic E-state index is 11.1. The van der Waals surface area contributed by atoms with Crippen molar-refractivity contribution in [1.82, 2.24) is 9.97 Å². The van der Waals surface area contributed by atoms with E-state index >= 15 is 0 Å². The molecule has 104 valence electrons. The van der Waals surface area contributed by atoms with Crippen LogP contribution in [0.5, 0.6) is 0 Å². The van der Waals surface area contributed by atoms with Crippen molar-refractivity contribution in [3.63, 3.8) is 0 Å². The van der Waals surface area contributed by atoms with Crippen molar-refractivity contribution in [3.05, 3.63) is 30.1 Å². The van der Waals surface area contributed by atoms with Gasteiger partial charge >= 0.3 is 5.97 Å². The van der Waals surface area contributed by atoms with Gasteiger partial charge in [0.15, 0.2) is 0 Å². The molecule has 1 aliphatic rings. The summed E-state index contributed by atoms with van der Waals surface area (Å²) in [4.78, 5) is 19.1. The number of aromatic carboxylic acids is 1. The number of aromatic nitrogens is 2. The predicted molar refractivity (Wildman–Crippen MR) is 73.7 cm³/mol. The molecule has 3 N–H and O–H groups in total. The van der Waals surface area contributed by atoms with Crippen LogP contribution in [0.4, 0.5) is 5.82 Å². The van der Waals surface area contributed by atoms with Crippen molar-refractivity contribution in [2.45, 2.75) is 18.9 Å². The number of nitrogens with one attached hydrogen (secondary N) is 1. The first-order valence-electron chi connectivity index (χ1n) is 6.57. The van der Waals surface area contributed by atoms with E-state index in [-0.39, 0.29) is 5.82 Å². The normalized spacial score (nSPS) is 16.1. The fourth-order valence-electron chi connectivity index (χ4n) is 2.16. The maximum atomic E-state index is 11.1. The number of rotatable bonds is 5. The summed E-state index contributed by atoms with van der Waals surface area (Å²) in [6.45, 7) is 0.366.